The lowest BCUT2D eigenvalue weighted by molar-refractivity contribution is -0.113. The highest BCUT2D eigenvalue weighted by Gasteiger charge is 2.04. The van der Waals surface area contributed by atoms with E-state index in [1.54, 1.807) is 24.3 Å². The minimum Gasteiger partial charge on any atom is -0.392 e. The Morgan fingerprint density at radius 3 is 2.35 bits per heavy atom. The van der Waals surface area contributed by atoms with Crippen LogP contribution in [0.15, 0.2) is 57.9 Å². The van der Waals surface area contributed by atoms with Crippen molar-refractivity contribution in [3.63, 3.8) is 0 Å². The minimum atomic E-state index is -0.0466. The average molecular weight is 352 g/mol. The Morgan fingerprint density at radius 1 is 1.10 bits per heavy atom. The molecule has 0 spiro atoms. The Hall–Kier alpha value is -1.30. The topological polar surface area (TPSA) is 49.3 Å². The van der Waals surface area contributed by atoms with Crippen molar-refractivity contribution in [2.45, 2.75) is 11.5 Å². The molecular weight excluding hydrogens is 338 g/mol. The number of benzene rings is 2. The number of carbonyl (C=O) groups excluding carboxylic acids is 1. The molecule has 0 saturated heterocycles. The monoisotopic (exact) mass is 351 g/mol. The summed E-state index contributed by atoms with van der Waals surface area (Å²) in [4.78, 5) is 12.9. The molecule has 2 N–H and O–H groups in total. The number of nitrogens with one attached hydrogen (secondary N) is 1. The van der Waals surface area contributed by atoms with Crippen LogP contribution in [0.3, 0.4) is 0 Å². The molecule has 0 aliphatic rings. The maximum absolute atomic E-state index is 11.8. The van der Waals surface area contributed by atoms with Crippen molar-refractivity contribution in [2.24, 2.45) is 0 Å². The van der Waals surface area contributed by atoms with Crippen molar-refractivity contribution in [1.82, 2.24) is 0 Å². The summed E-state index contributed by atoms with van der Waals surface area (Å²) >= 11 is 4.87. The van der Waals surface area contributed by atoms with E-state index in [0.29, 0.717) is 5.75 Å². The fraction of sp³-hybridized carbons (Fsp3) is 0.133. The summed E-state index contributed by atoms with van der Waals surface area (Å²) in [5, 5.41) is 11.8. The highest BCUT2D eigenvalue weighted by Crippen LogP contribution is 2.20. The van der Waals surface area contributed by atoms with E-state index >= 15 is 0 Å². The van der Waals surface area contributed by atoms with E-state index in [4.69, 9.17) is 5.11 Å². The van der Waals surface area contributed by atoms with Gasteiger partial charge in [-0.3, -0.25) is 4.79 Å². The van der Waals surface area contributed by atoms with Gasteiger partial charge in [0, 0.05) is 15.1 Å². The SMILES string of the molecule is O=C(CSc1ccc(Br)cc1)Nc1ccc(CO)cc1. The molecule has 2 aromatic carbocycles. The molecule has 5 heteroatoms. The van der Waals surface area contributed by atoms with Crippen LogP contribution in [-0.2, 0) is 11.4 Å². The summed E-state index contributed by atoms with van der Waals surface area (Å²) in [6, 6.07) is 15.0. The number of aliphatic hydroxyl groups is 1. The molecule has 0 radical (unpaired) electrons. The second-order valence-corrected chi connectivity index (χ2v) is 6.11. The first-order valence-corrected chi connectivity index (χ1v) is 7.83. The van der Waals surface area contributed by atoms with Gasteiger partial charge in [0.05, 0.1) is 12.4 Å². The number of hydrogen-bond donors (Lipinski definition) is 2. The first-order chi connectivity index (χ1) is 9.67. The zero-order chi connectivity index (χ0) is 14.4. The van der Waals surface area contributed by atoms with E-state index in [2.05, 4.69) is 21.2 Å². The van der Waals surface area contributed by atoms with Crippen LogP contribution >= 0.6 is 27.7 Å². The van der Waals surface area contributed by atoms with Crippen molar-refractivity contribution in [1.29, 1.82) is 0 Å². The van der Waals surface area contributed by atoms with E-state index in [1.165, 1.54) is 11.8 Å². The van der Waals surface area contributed by atoms with Gasteiger partial charge in [0.2, 0.25) is 5.91 Å². The maximum Gasteiger partial charge on any atom is 0.234 e. The second kappa shape index (κ2) is 7.47. The minimum absolute atomic E-state index is 0.00758. The van der Waals surface area contributed by atoms with Gasteiger partial charge in [-0.2, -0.15) is 0 Å². The third-order valence-corrected chi connectivity index (χ3v) is 4.14. The standard InChI is InChI=1S/C15H14BrNO2S/c16-12-3-7-14(8-4-12)20-10-15(19)17-13-5-1-11(9-18)2-6-13/h1-8,18H,9-10H2,(H,17,19). The van der Waals surface area contributed by atoms with Crippen molar-refractivity contribution in [3.05, 3.63) is 58.6 Å². The molecule has 0 aliphatic heterocycles. The van der Waals surface area contributed by atoms with Crippen LogP contribution in [-0.4, -0.2) is 16.8 Å². The molecule has 0 aromatic heterocycles. The highest BCUT2D eigenvalue weighted by atomic mass is 79.9. The molecule has 3 nitrogen and oxygen atoms in total. The molecule has 20 heavy (non-hydrogen) atoms. The van der Waals surface area contributed by atoms with Gasteiger partial charge in [-0.15, -0.1) is 11.8 Å². The number of amides is 1. The first kappa shape index (κ1) is 15.1. The highest BCUT2D eigenvalue weighted by molar-refractivity contribution is 9.10. The molecule has 0 heterocycles. The lowest BCUT2D eigenvalue weighted by Gasteiger charge is -2.06. The molecule has 0 fully saturated rings. The fourth-order valence-electron chi connectivity index (χ4n) is 1.57. The Kier molecular flexibility index (Phi) is 5.64. The number of halogens is 1. The number of anilines is 1. The summed E-state index contributed by atoms with van der Waals surface area (Å²) in [7, 11) is 0. The third-order valence-electron chi connectivity index (χ3n) is 2.60. The molecular formula is C15H14BrNO2S. The molecule has 0 atom stereocenters. The third kappa shape index (κ3) is 4.67. The van der Waals surface area contributed by atoms with Crippen molar-refractivity contribution < 1.29 is 9.90 Å². The van der Waals surface area contributed by atoms with E-state index < -0.39 is 0 Å². The Balaban J connectivity index is 1.84. The van der Waals surface area contributed by atoms with Crippen LogP contribution in [0.2, 0.25) is 0 Å². The summed E-state index contributed by atoms with van der Waals surface area (Å²) in [6.45, 7) is 0.00758. The summed E-state index contributed by atoms with van der Waals surface area (Å²) in [5.74, 6) is 0.318. The van der Waals surface area contributed by atoms with Gasteiger partial charge in [-0.25, -0.2) is 0 Å². The Bertz CT molecular complexity index is 569. The predicted molar refractivity (Wildman–Crippen MR) is 85.9 cm³/mol. The molecule has 104 valence electrons. The van der Waals surface area contributed by atoms with Crippen molar-refractivity contribution in [2.75, 3.05) is 11.1 Å². The lowest BCUT2D eigenvalue weighted by Crippen LogP contribution is -2.13. The molecule has 1 amide bonds. The fourth-order valence-corrected chi connectivity index (χ4v) is 2.53. The van der Waals surface area contributed by atoms with Crippen LogP contribution < -0.4 is 5.32 Å². The van der Waals surface area contributed by atoms with E-state index in [1.807, 2.05) is 24.3 Å². The molecule has 0 bridgehead atoms. The van der Waals surface area contributed by atoms with Gasteiger partial charge in [-0.1, -0.05) is 28.1 Å². The van der Waals surface area contributed by atoms with Gasteiger partial charge >= 0.3 is 0 Å². The van der Waals surface area contributed by atoms with Crippen molar-refractivity contribution in [3.8, 4) is 0 Å². The van der Waals surface area contributed by atoms with E-state index in [9.17, 15) is 4.79 Å². The largest absolute Gasteiger partial charge is 0.392 e. The Labute approximate surface area is 130 Å². The van der Waals surface area contributed by atoms with Crippen LogP contribution in [0.25, 0.3) is 0 Å². The predicted octanol–water partition coefficient (Wildman–Crippen LogP) is 3.67. The molecule has 0 unspecified atom stereocenters. The first-order valence-electron chi connectivity index (χ1n) is 6.05. The maximum atomic E-state index is 11.8. The van der Waals surface area contributed by atoms with Gasteiger partial charge in [-0.05, 0) is 42.0 Å². The van der Waals surface area contributed by atoms with E-state index in [-0.39, 0.29) is 12.5 Å². The Morgan fingerprint density at radius 2 is 1.75 bits per heavy atom. The summed E-state index contributed by atoms with van der Waals surface area (Å²) in [6.07, 6.45) is 0. The number of thioether (sulfide) groups is 1. The van der Waals surface area contributed by atoms with E-state index in [0.717, 1.165) is 20.6 Å². The van der Waals surface area contributed by atoms with Crippen LogP contribution in [0.4, 0.5) is 5.69 Å². The van der Waals surface area contributed by atoms with Crippen LogP contribution in [0.5, 0.6) is 0 Å². The number of carbonyl (C=O) groups is 1. The average Bonchev–Trinajstić information content (AvgIpc) is 2.47. The van der Waals surface area contributed by atoms with Gasteiger partial charge < -0.3 is 10.4 Å². The normalized spacial score (nSPS) is 10.3. The molecule has 2 aromatic rings. The number of hydrogen-bond acceptors (Lipinski definition) is 3. The van der Waals surface area contributed by atoms with Gasteiger partial charge in [0.15, 0.2) is 0 Å². The zero-order valence-electron chi connectivity index (χ0n) is 10.7. The summed E-state index contributed by atoms with van der Waals surface area (Å²) < 4.78 is 1.02. The zero-order valence-corrected chi connectivity index (χ0v) is 13.1. The van der Waals surface area contributed by atoms with Crippen molar-refractivity contribution >= 4 is 39.3 Å². The summed E-state index contributed by atoms with van der Waals surface area (Å²) in [5.41, 5.74) is 1.57. The van der Waals surface area contributed by atoms with Crippen LogP contribution in [0, 0.1) is 0 Å². The lowest BCUT2D eigenvalue weighted by atomic mass is 10.2. The molecule has 0 aliphatic carbocycles. The van der Waals surface area contributed by atoms with Gasteiger partial charge in [0.25, 0.3) is 0 Å². The smallest absolute Gasteiger partial charge is 0.234 e. The van der Waals surface area contributed by atoms with Gasteiger partial charge in [0.1, 0.15) is 0 Å². The quantitative estimate of drug-likeness (QED) is 0.808. The number of rotatable bonds is 5. The number of aliphatic hydroxyl groups excluding tert-OH is 1. The molecule has 0 saturated carbocycles. The molecule has 2 rings (SSSR count). The second-order valence-electron chi connectivity index (χ2n) is 4.15. The van der Waals surface area contributed by atoms with Crippen LogP contribution in [0.1, 0.15) is 5.56 Å².